The van der Waals surface area contributed by atoms with Gasteiger partial charge in [0.05, 0.1) is 6.54 Å². The predicted octanol–water partition coefficient (Wildman–Crippen LogP) is 4.42. The summed E-state index contributed by atoms with van der Waals surface area (Å²) >= 11 is 6.00. The second-order valence-corrected chi connectivity index (χ2v) is 6.75. The van der Waals surface area contributed by atoms with Crippen molar-refractivity contribution >= 4 is 23.2 Å². The second-order valence-electron chi connectivity index (χ2n) is 6.32. The SMILES string of the molecule is Cc1cc(C)cc(NC(=O)c2cccn(Cc3cccc(Cl)c3)c2=O)c1. The number of anilines is 1. The van der Waals surface area contributed by atoms with Crippen molar-refractivity contribution in [2.45, 2.75) is 20.4 Å². The number of carbonyl (C=O) groups is 1. The van der Waals surface area contributed by atoms with Gasteiger partial charge in [0.1, 0.15) is 5.56 Å². The zero-order chi connectivity index (χ0) is 18.7. The largest absolute Gasteiger partial charge is 0.322 e. The summed E-state index contributed by atoms with van der Waals surface area (Å²) in [6.45, 7) is 4.27. The molecule has 1 aromatic heterocycles. The number of aromatic nitrogens is 1. The second kappa shape index (κ2) is 7.58. The van der Waals surface area contributed by atoms with Gasteiger partial charge in [-0.2, -0.15) is 0 Å². The zero-order valence-electron chi connectivity index (χ0n) is 14.6. The fourth-order valence-corrected chi connectivity index (χ4v) is 3.12. The van der Waals surface area contributed by atoms with Gasteiger partial charge in [-0.3, -0.25) is 9.59 Å². The summed E-state index contributed by atoms with van der Waals surface area (Å²) in [5.74, 6) is -0.416. The van der Waals surface area contributed by atoms with E-state index in [0.29, 0.717) is 17.3 Å². The molecule has 1 amide bonds. The van der Waals surface area contributed by atoms with Crippen molar-refractivity contribution in [2.24, 2.45) is 0 Å². The number of halogens is 1. The van der Waals surface area contributed by atoms with Crippen LogP contribution in [0.5, 0.6) is 0 Å². The number of rotatable bonds is 4. The molecule has 0 spiro atoms. The lowest BCUT2D eigenvalue weighted by Gasteiger charge is -2.10. The molecule has 3 rings (SSSR count). The van der Waals surface area contributed by atoms with Crippen LogP contribution in [0.1, 0.15) is 27.0 Å². The van der Waals surface area contributed by atoms with Crippen molar-refractivity contribution in [1.82, 2.24) is 4.57 Å². The van der Waals surface area contributed by atoms with Crippen LogP contribution in [0.2, 0.25) is 5.02 Å². The number of benzene rings is 2. The van der Waals surface area contributed by atoms with Crippen LogP contribution in [-0.4, -0.2) is 10.5 Å². The molecule has 0 saturated carbocycles. The summed E-state index contributed by atoms with van der Waals surface area (Å²) in [7, 11) is 0. The average molecular weight is 367 g/mol. The maximum absolute atomic E-state index is 12.7. The third-order valence-electron chi connectivity index (χ3n) is 3.99. The van der Waals surface area contributed by atoms with Crippen LogP contribution in [-0.2, 0) is 6.54 Å². The van der Waals surface area contributed by atoms with E-state index in [0.717, 1.165) is 16.7 Å². The van der Waals surface area contributed by atoms with Crippen LogP contribution in [0.15, 0.2) is 65.6 Å². The Hall–Kier alpha value is -2.85. The molecule has 4 nitrogen and oxygen atoms in total. The van der Waals surface area contributed by atoms with Gasteiger partial charge in [0.25, 0.3) is 11.5 Å². The van der Waals surface area contributed by atoms with E-state index in [9.17, 15) is 9.59 Å². The Morgan fingerprint density at radius 3 is 2.46 bits per heavy atom. The molecule has 0 radical (unpaired) electrons. The van der Waals surface area contributed by atoms with E-state index in [2.05, 4.69) is 5.32 Å². The Bertz CT molecular complexity index is 1000. The van der Waals surface area contributed by atoms with Gasteiger partial charge in [-0.1, -0.05) is 29.8 Å². The summed E-state index contributed by atoms with van der Waals surface area (Å²) in [6.07, 6.45) is 1.66. The lowest BCUT2D eigenvalue weighted by Crippen LogP contribution is -2.29. The Balaban J connectivity index is 1.86. The molecule has 0 aliphatic heterocycles. The molecule has 0 atom stereocenters. The summed E-state index contributed by atoms with van der Waals surface area (Å²) in [5.41, 5.74) is 3.44. The minimum Gasteiger partial charge on any atom is -0.322 e. The van der Waals surface area contributed by atoms with Crippen LogP contribution in [0, 0.1) is 13.8 Å². The maximum atomic E-state index is 12.7. The third kappa shape index (κ3) is 4.21. The number of carbonyl (C=O) groups excluding carboxylic acids is 1. The monoisotopic (exact) mass is 366 g/mol. The molecular weight excluding hydrogens is 348 g/mol. The number of nitrogens with one attached hydrogen (secondary N) is 1. The van der Waals surface area contributed by atoms with Crippen molar-refractivity contribution in [1.29, 1.82) is 0 Å². The molecular formula is C21H19ClN2O2. The first-order chi connectivity index (χ1) is 12.4. The number of pyridine rings is 1. The highest BCUT2D eigenvalue weighted by Crippen LogP contribution is 2.15. The smallest absolute Gasteiger partial charge is 0.263 e. The Morgan fingerprint density at radius 2 is 1.77 bits per heavy atom. The van der Waals surface area contributed by atoms with Gasteiger partial charge in [-0.05, 0) is 66.9 Å². The molecule has 0 unspecified atom stereocenters. The summed E-state index contributed by atoms with van der Waals surface area (Å²) in [5, 5.41) is 3.42. The Kier molecular flexibility index (Phi) is 5.24. The van der Waals surface area contributed by atoms with E-state index >= 15 is 0 Å². The molecule has 1 heterocycles. The number of nitrogens with zero attached hydrogens (tertiary/aromatic N) is 1. The van der Waals surface area contributed by atoms with E-state index in [1.54, 1.807) is 24.4 Å². The number of hydrogen-bond acceptors (Lipinski definition) is 2. The molecule has 5 heteroatoms. The van der Waals surface area contributed by atoms with E-state index in [1.165, 1.54) is 10.6 Å². The predicted molar refractivity (Wildman–Crippen MR) is 105 cm³/mol. The molecule has 3 aromatic rings. The van der Waals surface area contributed by atoms with Crippen molar-refractivity contribution in [3.05, 3.63) is 98.4 Å². The normalized spacial score (nSPS) is 10.6. The summed E-state index contributed by atoms with van der Waals surface area (Å²) in [6, 6.07) is 16.3. The highest BCUT2D eigenvalue weighted by Gasteiger charge is 2.13. The van der Waals surface area contributed by atoms with Gasteiger partial charge in [-0.25, -0.2) is 0 Å². The third-order valence-corrected chi connectivity index (χ3v) is 4.22. The minimum absolute atomic E-state index is 0.105. The van der Waals surface area contributed by atoms with Crippen molar-refractivity contribution in [3.8, 4) is 0 Å². The van der Waals surface area contributed by atoms with Crippen LogP contribution < -0.4 is 10.9 Å². The molecule has 0 saturated heterocycles. The lowest BCUT2D eigenvalue weighted by atomic mass is 10.1. The minimum atomic E-state index is -0.416. The standard InChI is InChI=1S/C21H19ClN2O2/c1-14-9-15(2)11-18(10-14)23-20(25)19-7-4-8-24(21(19)26)13-16-5-3-6-17(22)12-16/h3-12H,13H2,1-2H3,(H,23,25). The van der Waals surface area contributed by atoms with Crippen LogP contribution >= 0.6 is 11.6 Å². The first-order valence-electron chi connectivity index (χ1n) is 8.26. The van der Waals surface area contributed by atoms with Gasteiger partial charge in [0.15, 0.2) is 0 Å². The van der Waals surface area contributed by atoms with Crippen LogP contribution in [0.3, 0.4) is 0 Å². The molecule has 132 valence electrons. The van der Waals surface area contributed by atoms with Gasteiger partial charge in [0.2, 0.25) is 0 Å². The molecule has 0 aliphatic carbocycles. The molecule has 0 aliphatic rings. The molecule has 26 heavy (non-hydrogen) atoms. The summed E-state index contributed by atoms with van der Waals surface area (Å²) in [4.78, 5) is 25.3. The van der Waals surface area contributed by atoms with Gasteiger partial charge in [0, 0.05) is 16.9 Å². The van der Waals surface area contributed by atoms with Crippen molar-refractivity contribution < 1.29 is 4.79 Å². The van der Waals surface area contributed by atoms with Gasteiger partial charge < -0.3 is 9.88 Å². The van der Waals surface area contributed by atoms with E-state index in [-0.39, 0.29) is 11.1 Å². The van der Waals surface area contributed by atoms with Crippen molar-refractivity contribution in [2.75, 3.05) is 5.32 Å². The van der Waals surface area contributed by atoms with Crippen LogP contribution in [0.25, 0.3) is 0 Å². The van der Waals surface area contributed by atoms with E-state index in [4.69, 9.17) is 11.6 Å². The fraction of sp³-hybridized carbons (Fsp3) is 0.143. The van der Waals surface area contributed by atoms with Crippen molar-refractivity contribution in [3.63, 3.8) is 0 Å². The molecule has 1 N–H and O–H groups in total. The summed E-state index contributed by atoms with van der Waals surface area (Å²) < 4.78 is 1.50. The number of hydrogen-bond donors (Lipinski definition) is 1. The van der Waals surface area contributed by atoms with Gasteiger partial charge in [-0.15, -0.1) is 0 Å². The lowest BCUT2D eigenvalue weighted by molar-refractivity contribution is 0.102. The van der Waals surface area contributed by atoms with Crippen LogP contribution in [0.4, 0.5) is 5.69 Å². The fourth-order valence-electron chi connectivity index (χ4n) is 2.91. The van der Waals surface area contributed by atoms with E-state index < -0.39 is 5.91 Å². The number of aryl methyl sites for hydroxylation is 2. The zero-order valence-corrected chi connectivity index (χ0v) is 15.4. The average Bonchev–Trinajstić information content (AvgIpc) is 2.56. The maximum Gasteiger partial charge on any atom is 0.263 e. The molecule has 0 fully saturated rings. The quantitative estimate of drug-likeness (QED) is 0.743. The first-order valence-corrected chi connectivity index (χ1v) is 8.64. The Morgan fingerprint density at radius 1 is 1.04 bits per heavy atom. The molecule has 0 bridgehead atoms. The van der Waals surface area contributed by atoms with Gasteiger partial charge >= 0.3 is 0 Å². The van der Waals surface area contributed by atoms with E-state index in [1.807, 2.05) is 44.2 Å². The highest BCUT2D eigenvalue weighted by atomic mass is 35.5. The topological polar surface area (TPSA) is 51.1 Å². The first kappa shape index (κ1) is 18.0. The molecule has 2 aromatic carbocycles. The highest BCUT2D eigenvalue weighted by molar-refractivity contribution is 6.30. The Labute approximate surface area is 157 Å². The number of amides is 1.